The van der Waals surface area contributed by atoms with Gasteiger partial charge >= 0.3 is 0 Å². The molecule has 1 fully saturated rings. The molecule has 0 saturated carbocycles. The van der Waals surface area contributed by atoms with Gasteiger partial charge in [0.15, 0.2) is 5.96 Å². The number of guanidine groups is 1. The van der Waals surface area contributed by atoms with Gasteiger partial charge in [-0.25, -0.2) is 0 Å². The number of benzene rings is 1. The van der Waals surface area contributed by atoms with Gasteiger partial charge in [0.1, 0.15) is 0 Å². The maximum atomic E-state index is 4.50. The van der Waals surface area contributed by atoms with Crippen LogP contribution >= 0.6 is 35.7 Å². The minimum absolute atomic E-state index is 0. The first-order valence-electron chi connectivity index (χ1n) is 8.86. The van der Waals surface area contributed by atoms with Crippen LogP contribution in [0.1, 0.15) is 24.6 Å². The molecule has 2 N–H and O–H groups in total. The minimum Gasteiger partial charge on any atom is -0.358 e. The van der Waals surface area contributed by atoms with Crippen molar-refractivity contribution in [2.75, 3.05) is 32.4 Å². The number of halogens is 1. The SMILES string of the molecule is CCC1CN(C(=NC)NCCc2c(C)[nH]c3ccccc23)CCS1.I. The zero-order valence-electron chi connectivity index (χ0n) is 15.3. The summed E-state index contributed by atoms with van der Waals surface area (Å²) in [6, 6.07) is 8.55. The fraction of sp³-hybridized carbons (Fsp3) is 0.526. The van der Waals surface area contributed by atoms with E-state index < -0.39 is 0 Å². The lowest BCUT2D eigenvalue weighted by molar-refractivity contribution is 0.408. The number of rotatable bonds is 4. The van der Waals surface area contributed by atoms with Gasteiger partial charge in [0.25, 0.3) is 0 Å². The average Bonchev–Trinajstić information content (AvgIpc) is 2.94. The van der Waals surface area contributed by atoms with Gasteiger partial charge < -0.3 is 15.2 Å². The Bertz CT molecular complexity index is 713. The van der Waals surface area contributed by atoms with Crippen molar-refractivity contribution < 1.29 is 0 Å². The van der Waals surface area contributed by atoms with Crippen molar-refractivity contribution in [1.29, 1.82) is 0 Å². The fourth-order valence-corrected chi connectivity index (χ4v) is 4.63. The van der Waals surface area contributed by atoms with Crippen LogP contribution in [0.2, 0.25) is 0 Å². The van der Waals surface area contributed by atoms with Crippen LogP contribution in [-0.4, -0.2) is 53.5 Å². The maximum Gasteiger partial charge on any atom is 0.193 e. The Morgan fingerprint density at radius 2 is 2.20 bits per heavy atom. The van der Waals surface area contributed by atoms with E-state index in [1.807, 2.05) is 7.05 Å². The van der Waals surface area contributed by atoms with Crippen LogP contribution in [0.15, 0.2) is 29.3 Å². The third-order valence-corrected chi connectivity index (χ3v) is 6.16. The van der Waals surface area contributed by atoms with Gasteiger partial charge in [-0.15, -0.1) is 24.0 Å². The first-order valence-corrected chi connectivity index (χ1v) is 9.91. The van der Waals surface area contributed by atoms with Crippen molar-refractivity contribution in [3.63, 3.8) is 0 Å². The molecule has 1 saturated heterocycles. The highest BCUT2D eigenvalue weighted by Gasteiger charge is 2.21. The number of hydrogen-bond acceptors (Lipinski definition) is 2. The Labute approximate surface area is 172 Å². The molecule has 1 aliphatic rings. The highest BCUT2D eigenvalue weighted by atomic mass is 127. The van der Waals surface area contributed by atoms with Crippen LogP contribution in [0, 0.1) is 6.92 Å². The Kier molecular flexibility index (Phi) is 7.93. The molecular weight excluding hydrogens is 443 g/mol. The number of nitrogens with zero attached hydrogens (tertiary/aromatic N) is 2. The third-order valence-electron chi connectivity index (χ3n) is 4.79. The summed E-state index contributed by atoms with van der Waals surface area (Å²) in [5.41, 5.74) is 3.91. The van der Waals surface area contributed by atoms with Gasteiger partial charge in [-0.2, -0.15) is 11.8 Å². The average molecular weight is 472 g/mol. The topological polar surface area (TPSA) is 43.4 Å². The second kappa shape index (κ2) is 9.71. The van der Waals surface area contributed by atoms with E-state index in [4.69, 9.17) is 0 Å². The Hall–Kier alpha value is -0.890. The smallest absolute Gasteiger partial charge is 0.193 e. The molecule has 1 unspecified atom stereocenters. The number of hydrogen-bond donors (Lipinski definition) is 2. The first kappa shape index (κ1) is 20.4. The third kappa shape index (κ3) is 4.84. The molecule has 0 spiro atoms. The van der Waals surface area contributed by atoms with Crippen molar-refractivity contribution in [2.45, 2.75) is 31.9 Å². The predicted octanol–water partition coefficient (Wildman–Crippen LogP) is 4.04. The summed E-state index contributed by atoms with van der Waals surface area (Å²) in [5.74, 6) is 2.24. The zero-order valence-corrected chi connectivity index (χ0v) is 18.5. The molecule has 25 heavy (non-hydrogen) atoms. The second-order valence-electron chi connectivity index (χ2n) is 6.35. The number of nitrogens with one attached hydrogen (secondary N) is 2. The van der Waals surface area contributed by atoms with E-state index in [9.17, 15) is 0 Å². The van der Waals surface area contributed by atoms with Crippen LogP contribution < -0.4 is 5.32 Å². The van der Waals surface area contributed by atoms with Crippen LogP contribution in [0.3, 0.4) is 0 Å². The summed E-state index contributed by atoms with van der Waals surface area (Å²) in [6.07, 6.45) is 2.24. The normalized spacial score (nSPS) is 18.3. The molecule has 138 valence electrons. The van der Waals surface area contributed by atoms with E-state index in [-0.39, 0.29) is 24.0 Å². The molecule has 0 bridgehead atoms. The summed E-state index contributed by atoms with van der Waals surface area (Å²) >= 11 is 2.09. The number of thioether (sulfide) groups is 1. The number of para-hydroxylation sites is 1. The molecule has 1 atom stereocenters. The highest BCUT2D eigenvalue weighted by Crippen LogP contribution is 2.23. The largest absolute Gasteiger partial charge is 0.358 e. The number of aromatic amines is 1. The molecule has 0 amide bonds. The Morgan fingerprint density at radius 1 is 1.40 bits per heavy atom. The van der Waals surface area contributed by atoms with Gasteiger partial charge in [-0.1, -0.05) is 25.1 Å². The van der Waals surface area contributed by atoms with Crippen molar-refractivity contribution >= 4 is 52.6 Å². The maximum absolute atomic E-state index is 4.50. The predicted molar refractivity (Wildman–Crippen MR) is 122 cm³/mol. The van der Waals surface area contributed by atoms with Crippen LogP contribution in [-0.2, 0) is 6.42 Å². The molecule has 1 aromatic heterocycles. The molecule has 0 radical (unpaired) electrons. The highest BCUT2D eigenvalue weighted by molar-refractivity contribution is 14.0. The minimum atomic E-state index is 0. The lowest BCUT2D eigenvalue weighted by Crippen LogP contribution is -2.48. The van der Waals surface area contributed by atoms with Gasteiger partial charge in [0.2, 0.25) is 0 Å². The molecular formula is C19H29IN4S. The number of aliphatic imine (C=N–C) groups is 1. The zero-order chi connectivity index (χ0) is 16.9. The second-order valence-corrected chi connectivity index (χ2v) is 7.75. The van der Waals surface area contributed by atoms with E-state index in [2.05, 4.69) is 70.1 Å². The summed E-state index contributed by atoms with van der Waals surface area (Å²) < 4.78 is 0. The molecule has 1 aliphatic heterocycles. The van der Waals surface area contributed by atoms with E-state index in [0.717, 1.165) is 37.3 Å². The van der Waals surface area contributed by atoms with E-state index >= 15 is 0 Å². The van der Waals surface area contributed by atoms with Crippen molar-refractivity contribution in [2.24, 2.45) is 4.99 Å². The molecule has 2 heterocycles. The van der Waals surface area contributed by atoms with Crippen LogP contribution in [0.5, 0.6) is 0 Å². The quantitative estimate of drug-likeness (QED) is 0.401. The monoisotopic (exact) mass is 472 g/mol. The molecule has 2 aromatic rings. The van der Waals surface area contributed by atoms with Crippen molar-refractivity contribution in [3.8, 4) is 0 Å². The van der Waals surface area contributed by atoms with E-state index in [0.29, 0.717) is 0 Å². The van der Waals surface area contributed by atoms with Crippen molar-refractivity contribution in [3.05, 3.63) is 35.5 Å². The Balaban J connectivity index is 0.00000225. The van der Waals surface area contributed by atoms with E-state index in [1.54, 1.807) is 0 Å². The van der Waals surface area contributed by atoms with Crippen LogP contribution in [0.25, 0.3) is 10.9 Å². The van der Waals surface area contributed by atoms with Crippen molar-refractivity contribution in [1.82, 2.24) is 15.2 Å². The molecule has 0 aliphatic carbocycles. The lowest BCUT2D eigenvalue weighted by atomic mass is 10.1. The van der Waals surface area contributed by atoms with Gasteiger partial charge in [0, 0.05) is 54.3 Å². The van der Waals surface area contributed by atoms with E-state index in [1.165, 1.54) is 34.3 Å². The van der Waals surface area contributed by atoms with Crippen LogP contribution in [0.4, 0.5) is 0 Å². The molecule has 4 nitrogen and oxygen atoms in total. The van der Waals surface area contributed by atoms with Gasteiger partial charge in [-0.3, -0.25) is 4.99 Å². The van der Waals surface area contributed by atoms with Gasteiger partial charge in [0.05, 0.1) is 0 Å². The molecule has 3 rings (SSSR count). The summed E-state index contributed by atoms with van der Waals surface area (Å²) in [6.45, 7) is 7.55. The Morgan fingerprint density at radius 3 is 2.96 bits per heavy atom. The van der Waals surface area contributed by atoms with Gasteiger partial charge in [-0.05, 0) is 31.4 Å². The summed E-state index contributed by atoms with van der Waals surface area (Å²) in [4.78, 5) is 10.4. The number of fused-ring (bicyclic) bond motifs is 1. The molecule has 1 aromatic carbocycles. The first-order chi connectivity index (χ1) is 11.7. The molecule has 6 heteroatoms. The lowest BCUT2D eigenvalue weighted by Gasteiger charge is -2.34. The number of aryl methyl sites for hydroxylation is 1. The summed E-state index contributed by atoms with van der Waals surface area (Å²) in [5, 5.41) is 5.64. The standard InChI is InChI=1S/C19H28N4S.HI/c1-4-15-13-23(11-12-24-15)19(20-3)21-10-9-16-14(2)22-18-8-6-5-7-17(16)18;/h5-8,15,22H,4,9-13H2,1-3H3,(H,20,21);1H. The fourth-order valence-electron chi connectivity index (χ4n) is 3.45. The summed E-state index contributed by atoms with van der Waals surface area (Å²) in [7, 11) is 1.89. The number of H-pyrrole nitrogens is 1. The number of aromatic nitrogens is 1.